The van der Waals surface area contributed by atoms with Crippen molar-refractivity contribution in [3.8, 4) is 23.0 Å². The van der Waals surface area contributed by atoms with E-state index in [1.807, 2.05) is 43.3 Å². The lowest BCUT2D eigenvalue weighted by Crippen LogP contribution is -2.36. The van der Waals surface area contributed by atoms with Crippen molar-refractivity contribution in [3.05, 3.63) is 47.5 Å². The second-order valence-corrected chi connectivity index (χ2v) is 5.89. The van der Waals surface area contributed by atoms with Crippen LogP contribution in [-0.4, -0.2) is 40.9 Å². The van der Waals surface area contributed by atoms with Crippen LogP contribution in [0.25, 0.3) is 0 Å². The van der Waals surface area contributed by atoms with Gasteiger partial charge in [-0.1, -0.05) is 12.1 Å². The smallest absolute Gasteiger partial charge is 0.203 e. The van der Waals surface area contributed by atoms with Crippen LogP contribution in [0.4, 0.5) is 0 Å². The SMILES string of the molecule is CCOc1cccc(CNC(=NC)NCc2cc(OC)c(OC)c(OC)c2)c1. The first-order valence-electron chi connectivity index (χ1n) is 9.10. The molecule has 0 aliphatic rings. The Balaban J connectivity index is 1.99. The topological polar surface area (TPSA) is 73.3 Å². The van der Waals surface area contributed by atoms with Gasteiger partial charge in [-0.2, -0.15) is 0 Å². The van der Waals surface area contributed by atoms with Gasteiger partial charge in [0.1, 0.15) is 5.75 Å². The summed E-state index contributed by atoms with van der Waals surface area (Å²) in [6.45, 7) is 3.81. The Morgan fingerprint density at radius 2 is 1.54 bits per heavy atom. The largest absolute Gasteiger partial charge is 0.494 e. The summed E-state index contributed by atoms with van der Waals surface area (Å²) >= 11 is 0. The Bertz CT molecular complexity index is 768. The molecule has 2 aromatic carbocycles. The summed E-state index contributed by atoms with van der Waals surface area (Å²) in [5, 5.41) is 6.59. The van der Waals surface area contributed by atoms with Gasteiger partial charge in [-0.3, -0.25) is 4.99 Å². The van der Waals surface area contributed by atoms with Crippen LogP contribution in [0.1, 0.15) is 18.1 Å². The van der Waals surface area contributed by atoms with Crippen molar-refractivity contribution in [2.75, 3.05) is 35.0 Å². The maximum Gasteiger partial charge on any atom is 0.203 e. The Hall–Kier alpha value is -3.09. The van der Waals surface area contributed by atoms with Gasteiger partial charge in [0, 0.05) is 20.1 Å². The van der Waals surface area contributed by atoms with E-state index < -0.39 is 0 Å². The highest BCUT2D eigenvalue weighted by Crippen LogP contribution is 2.38. The number of methoxy groups -OCH3 is 3. The zero-order valence-electron chi connectivity index (χ0n) is 17.2. The molecule has 0 bridgehead atoms. The average molecular weight is 387 g/mol. The first kappa shape index (κ1) is 21.2. The number of rotatable bonds is 9. The maximum absolute atomic E-state index is 5.54. The van der Waals surface area contributed by atoms with E-state index in [-0.39, 0.29) is 0 Å². The van der Waals surface area contributed by atoms with Crippen LogP contribution in [0.3, 0.4) is 0 Å². The van der Waals surface area contributed by atoms with E-state index in [9.17, 15) is 0 Å². The van der Waals surface area contributed by atoms with E-state index in [2.05, 4.69) is 15.6 Å². The second-order valence-electron chi connectivity index (χ2n) is 5.89. The summed E-state index contributed by atoms with van der Waals surface area (Å²) in [7, 11) is 6.53. The minimum Gasteiger partial charge on any atom is -0.494 e. The van der Waals surface area contributed by atoms with E-state index in [4.69, 9.17) is 18.9 Å². The predicted octanol–water partition coefficient (Wildman–Crippen LogP) is 2.98. The zero-order valence-corrected chi connectivity index (χ0v) is 17.2. The van der Waals surface area contributed by atoms with Crippen molar-refractivity contribution in [3.63, 3.8) is 0 Å². The molecule has 0 radical (unpaired) electrons. The van der Waals surface area contributed by atoms with Crippen molar-refractivity contribution in [2.24, 2.45) is 4.99 Å². The van der Waals surface area contributed by atoms with Crippen molar-refractivity contribution in [2.45, 2.75) is 20.0 Å². The van der Waals surface area contributed by atoms with Gasteiger partial charge >= 0.3 is 0 Å². The number of hydrogen-bond donors (Lipinski definition) is 2. The lowest BCUT2D eigenvalue weighted by Gasteiger charge is -2.16. The standard InChI is InChI=1S/C21H29N3O4/c1-6-28-17-9-7-8-15(10-17)13-23-21(22-2)24-14-16-11-18(25-3)20(27-5)19(12-16)26-4/h7-12H,6,13-14H2,1-5H3,(H2,22,23,24). The molecule has 7 heteroatoms. The zero-order chi connectivity index (χ0) is 20.4. The Morgan fingerprint density at radius 1 is 0.893 bits per heavy atom. The number of nitrogens with zero attached hydrogens (tertiary/aromatic N) is 1. The minimum absolute atomic E-state index is 0.551. The van der Waals surface area contributed by atoms with E-state index >= 15 is 0 Å². The normalized spacial score (nSPS) is 11.0. The van der Waals surface area contributed by atoms with Crippen LogP contribution in [-0.2, 0) is 13.1 Å². The molecular formula is C21H29N3O4. The van der Waals surface area contributed by atoms with Crippen LogP contribution in [0.2, 0.25) is 0 Å². The molecule has 0 aliphatic carbocycles. The molecule has 0 aliphatic heterocycles. The van der Waals surface area contributed by atoms with Gasteiger partial charge in [-0.25, -0.2) is 0 Å². The van der Waals surface area contributed by atoms with Gasteiger partial charge in [-0.05, 0) is 42.3 Å². The number of ether oxygens (including phenoxy) is 4. The monoisotopic (exact) mass is 387 g/mol. The molecule has 2 aromatic rings. The van der Waals surface area contributed by atoms with Crippen molar-refractivity contribution >= 4 is 5.96 Å². The average Bonchev–Trinajstić information content (AvgIpc) is 2.73. The van der Waals surface area contributed by atoms with Gasteiger partial charge in [0.2, 0.25) is 5.75 Å². The first-order chi connectivity index (χ1) is 13.6. The van der Waals surface area contributed by atoms with Gasteiger partial charge in [0.05, 0.1) is 27.9 Å². The fourth-order valence-corrected chi connectivity index (χ4v) is 2.74. The quantitative estimate of drug-likeness (QED) is 0.509. The molecule has 2 N–H and O–H groups in total. The summed E-state index contributed by atoms with van der Waals surface area (Å²) in [5.41, 5.74) is 2.09. The molecule has 0 atom stereocenters. The van der Waals surface area contributed by atoms with Crippen LogP contribution in [0.15, 0.2) is 41.4 Å². The lowest BCUT2D eigenvalue weighted by molar-refractivity contribution is 0.323. The van der Waals surface area contributed by atoms with E-state index in [0.29, 0.717) is 42.9 Å². The Morgan fingerprint density at radius 3 is 2.07 bits per heavy atom. The van der Waals surface area contributed by atoms with Crippen molar-refractivity contribution in [1.82, 2.24) is 10.6 Å². The summed E-state index contributed by atoms with van der Waals surface area (Å²) < 4.78 is 21.7. The van der Waals surface area contributed by atoms with Crippen LogP contribution < -0.4 is 29.6 Å². The first-order valence-corrected chi connectivity index (χ1v) is 9.10. The summed E-state index contributed by atoms with van der Waals surface area (Å²) in [5.74, 6) is 3.37. The number of hydrogen-bond acceptors (Lipinski definition) is 5. The Kier molecular flexibility index (Phi) is 8.27. The minimum atomic E-state index is 0.551. The van der Waals surface area contributed by atoms with Gasteiger partial charge in [-0.15, -0.1) is 0 Å². The van der Waals surface area contributed by atoms with E-state index in [1.165, 1.54) is 0 Å². The molecule has 0 heterocycles. The molecule has 0 aromatic heterocycles. The highest BCUT2D eigenvalue weighted by atomic mass is 16.5. The summed E-state index contributed by atoms with van der Waals surface area (Å²) in [6.07, 6.45) is 0. The third-order valence-corrected chi connectivity index (χ3v) is 4.08. The number of guanidine groups is 1. The maximum atomic E-state index is 5.54. The van der Waals surface area contributed by atoms with Crippen LogP contribution in [0.5, 0.6) is 23.0 Å². The third kappa shape index (κ3) is 5.70. The number of aliphatic imine (C=N–C) groups is 1. The number of nitrogens with one attached hydrogen (secondary N) is 2. The lowest BCUT2D eigenvalue weighted by atomic mass is 10.2. The molecule has 0 saturated heterocycles. The third-order valence-electron chi connectivity index (χ3n) is 4.08. The second kappa shape index (κ2) is 10.9. The molecule has 0 saturated carbocycles. The highest BCUT2D eigenvalue weighted by molar-refractivity contribution is 5.79. The van der Waals surface area contributed by atoms with Gasteiger partial charge < -0.3 is 29.6 Å². The molecule has 152 valence electrons. The molecule has 0 amide bonds. The van der Waals surface area contributed by atoms with Crippen LogP contribution in [0, 0.1) is 0 Å². The fourth-order valence-electron chi connectivity index (χ4n) is 2.74. The molecule has 7 nitrogen and oxygen atoms in total. The molecule has 0 unspecified atom stereocenters. The molecule has 2 rings (SSSR count). The number of benzene rings is 2. The van der Waals surface area contributed by atoms with E-state index in [0.717, 1.165) is 16.9 Å². The summed E-state index contributed by atoms with van der Waals surface area (Å²) in [6, 6.07) is 11.8. The van der Waals surface area contributed by atoms with Gasteiger partial charge in [0.25, 0.3) is 0 Å². The predicted molar refractivity (Wildman–Crippen MR) is 111 cm³/mol. The van der Waals surface area contributed by atoms with Crippen LogP contribution >= 0.6 is 0 Å². The van der Waals surface area contributed by atoms with E-state index in [1.54, 1.807) is 28.4 Å². The summed E-state index contributed by atoms with van der Waals surface area (Å²) in [4.78, 5) is 4.27. The molecule has 28 heavy (non-hydrogen) atoms. The highest BCUT2D eigenvalue weighted by Gasteiger charge is 2.13. The molecule has 0 spiro atoms. The van der Waals surface area contributed by atoms with Crippen molar-refractivity contribution < 1.29 is 18.9 Å². The fraction of sp³-hybridized carbons (Fsp3) is 0.381. The molecular weight excluding hydrogens is 358 g/mol. The van der Waals surface area contributed by atoms with Crippen molar-refractivity contribution in [1.29, 1.82) is 0 Å². The Labute approximate surface area is 166 Å². The molecule has 0 fully saturated rings. The van der Waals surface area contributed by atoms with Gasteiger partial charge in [0.15, 0.2) is 17.5 Å².